The Morgan fingerprint density at radius 3 is 2.27 bits per heavy atom. The molecule has 1 amide bonds. The van der Waals surface area contributed by atoms with Crippen LogP contribution in [0.25, 0.3) is 0 Å². The highest BCUT2D eigenvalue weighted by Gasteiger charge is 2.39. The van der Waals surface area contributed by atoms with E-state index in [4.69, 9.17) is 10.2 Å². The summed E-state index contributed by atoms with van der Waals surface area (Å²) in [4.78, 5) is 15.0. The summed E-state index contributed by atoms with van der Waals surface area (Å²) in [5.74, 6) is 1.68. The molecule has 0 aliphatic heterocycles. The number of halogens is 1. The monoisotopic (exact) mass is 326 g/mol. The molecule has 2 N–H and O–H groups in total. The average Bonchev–Trinajstić information content (AvgIpc) is 3.23. The van der Waals surface area contributed by atoms with Crippen molar-refractivity contribution in [2.24, 2.45) is 11.7 Å². The molecule has 0 bridgehead atoms. The standard InChI is InChI=1S/C17H26N2O2.ClH/c1-2-12-3-5-14(6-4-12)19(15-7-8-15)17(20)13-9-16(10-18)21-11-13;/h9,11-12,14-15H,2-8,10,18H2,1H3;1H. The predicted molar refractivity (Wildman–Crippen MR) is 89.1 cm³/mol. The number of carbonyl (C=O) groups excluding carboxylic acids is 1. The Morgan fingerprint density at radius 2 is 1.82 bits per heavy atom. The van der Waals surface area contributed by atoms with Crippen LogP contribution in [-0.4, -0.2) is 22.9 Å². The van der Waals surface area contributed by atoms with E-state index < -0.39 is 0 Å². The van der Waals surface area contributed by atoms with Crippen LogP contribution >= 0.6 is 12.4 Å². The molecule has 2 fully saturated rings. The molecule has 4 nitrogen and oxygen atoms in total. The maximum atomic E-state index is 12.8. The average molecular weight is 327 g/mol. The van der Waals surface area contributed by atoms with Gasteiger partial charge >= 0.3 is 0 Å². The third-order valence-corrected chi connectivity index (χ3v) is 5.06. The molecule has 5 heteroatoms. The Morgan fingerprint density at radius 1 is 1.23 bits per heavy atom. The van der Waals surface area contributed by atoms with Gasteiger partial charge in [-0.25, -0.2) is 0 Å². The van der Waals surface area contributed by atoms with Gasteiger partial charge < -0.3 is 15.1 Å². The van der Waals surface area contributed by atoms with E-state index in [-0.39, 0.29) is 18.3 Å². The highest BCUT2D eigenvalue weighted by molar-refractivity contribution is 5.94. The lowest BCUT2D eigenvalue weighted by Crippen LogP contribution is -2.43. The van der Waals surface area contributed by atoms with Crippen molar-refractivity contribution < 1.29 is 9.21 Å². The van der Waals surface area contributed by atoms with Crippen molar-refractivity contribution >= 4 is 18.3 Å². The highest BCUT2D eigenvalue weighted by atomic mass is 35.5. The number of carbonyl (C=O) groups is 1. The minimum Gasteiger partial charge on any atom is -0.467 e. The summed E-state index contributed by atoms with van der Waals surface area (Å²) in [5.41, 5.74) is 6.23. The number of hydrogen-bond acceptors (Lipinski definition) is 3. The Bertz CT molecular complexity index is 491. The molecule has 1 aromatic heterocycles. The van der Waals surface area contributed by atoms with Crippen LogP contribution in [0.15, 0.2) is 16.7 Å². The van der Waals surface area contributed by atoms with Crippen LogP contribution in [0.3, 0.4) is 0 Å². The molecule has 2 aliphatic rings. The van der Waals surface area contributed by atoms with Gasteiger partial charge in [-0.2, -0.15) is 0 Å². The number of nitrogens with two attached hydrogens (primary N) is 1. The fourth-order valence-electron chi connectivity index (χ4n) is 3.56. The molecule has 0 spiro atoms. The molecule has 0 aromatic carbocycles. The second-order valence-corrected chi connectivity index (χ2v) is 6.53. The zero-order valence-corrected chi connectivity index (χ0v) is 14.1. The largest absolute Gasteiger partial charge is 0.467 e. The first-order valence-corrected chi connectivity index (χ1v) is 8.33. The maximum absolute atomic E-state index is 12.8. The van der Waals surface area contributed by atoms with Crippen LogP contribution in [0.4, 0.5) is 0 Å². The molecular weight excluding hydrogens is 300 g/mol. The van der Waals surface area contributed by atoms with Crippen molar-refractivity contribution in [2.75, 3.05) is 0 Å². The number of rotatable bonds is 5. The minimum absolute atomic E-state index is 0. The van der Waals surface area contributed by atoms with Crippen molar-refractivity contribution in [3.8, 4) is 0 Å². The third-order valence-electron chi connectivity index (χ3n) is 5.06. The lowest BCUT2D eigenvalue weighted by atomic mass is 9.83. The van der Waals surface area contributed by atoms with E-state index in [0.717, 1.165) is 31.6 Å². The Kier molecular flexibility index (Phi) is 5.93. The molecule has 1 aromatic rings. The van der Waals surface area contributed by atoms with Gasteiger partial charge in [0.05, 0.1) is 12.1 Å². The van der Waals surface area contributed by atoms with Gasteiger partial charge in [0, 0.05) is 12.1 Å². The third kappa shape index (κ3) is 3.66. The van der Waals surface area contributed by atoms with E-state index in [1.165, 1.54) is 19.3 Å². The topological polar surface area (TPSA) is 59.5 Å². The van der Waals surface area contributed by atoms with Gasteiger partial charge in [-0.05, 0) is 50.5 Å². The Hall–Kier alpha value is -1.00. The van der Waals surface area contributed by atoms with Gasteiger partial charge in [0.2, 0.25) is 0 Å². The van der Waals surface area contributed by atoms with Gasteiger partial charge in [0.25, 0.3) is 5.91 Å². The Balaban J connectivity index is 0.00000176. The van der Waals surface area contributed by atoms with Gasteiger partial charge in [-0.1, -0.05) is 13.3 Å². The summed E-state index contributed by atoms with van der Waals surface area (Å²) >= 11 is 0. The molecule has 0 radical (unpaired) electrons. The molecule has 2 aliphatic carbocycles. The van der Waals surface area contributed by atoms with Crippen LogP contribution in [0.1, 0.15) is 68.0 Å². The maximum Gasteiger partial charge on any atom is 0.257 e. The van der Waals surface area contributed by atoms with Gasteiger partial charge in [0.1, 0.15) is 12.0 Å². The van der Waals surface area contributed by atoms with Crippen LogP contribution < -0.4 is 5.73 Å². The van der Waals surface area contributed by atoms with Gasteiger partial charge in [-0.3, -0.25) is 4.79 Å². The number of furan rings is 1. The van der Waals surface area contributed by atoms with Crippen molar-refractivity contribution in [3.05, 3.63) is 23.7 Å². The van der Waals surface area contributed by atoms with Crippen LogP contribution in [0.5, 0.6) is 0 Å². The molecule has 0 atom stereocenters. The van der Waals surface area contributed by atoms with E-state index in [1.807, 2.05) is 0 Å². The van der Waals surface area contributed by atoms with E-state index in [1.54, 1.807) is 12.3 Å². The number of amides is 1. The van der Waals surface area contributed by atoms with E-state index >= 15 is 0 Å². The summed E-state index contributed by atoms with van der Waals surface area (Å²) in [7, 11) is 0. The summed E-state index contributed by atoms with van der Waals surface area (Å²) in [6.07, 6.45) is 9.98. The summed E-state index contributed by atoms with van der Waals surface area (Å²) in [6.45, 7) is 2.62. The Labute approximate surface area is 138 Å². The molecule has 124 valence electrons. The SMILES string of the molecule is CCC1CCC(N(C(=O)c2coc(CN)c2)C2CC2)CC1.Cl. The zero-order chi connectivity index (χ0) is 14.8. The molecule has 1 heterocycles. The second-order valence-electron chi connectivity index (χ2n) is 6.53. The number of hydrogen-bond donors (Lipinski definition) is 1. The summed E-state index contributed by atoms with van der Waals surface area (Å²) in [6, 6.07) is 2.68. The summed E-state index contributed by atoms with van der Waals surface area (Å²) in [5, 5.41) is 0. The van der Waals surface area contributed by atoms with E-state index in [0.29, 0.717) is 30.0 Å². The lowest BCUT2D eigenvalue weighted by molar-refractivity contribution is 0.0586. The quantitative estimate of drug-likeness (QED) is 0.896. The molecular formula is C17H27ClN2O2. The van der Waals surface area contributed by atoms with Crippen molar-refractivity contribution in [2.45, 2.75) is 70.5 Å². The molecule has 3 rings (SSSR count). The molecule has 2 saturated carbocycles. The molecule has 22 heavy (non-hydrogen) atoms. The van der Waals surface area contributed by atoms with Crippen molar-refractivity contribution in [1.29, 1.82) is 0 Å². The fraction of sp³-hybridized carbons (Fsp3) is 0.706. The molecule has 0 unspecified atom stereocenters. The van der Waals surface area contributed by atoms with Crippen molar-refractivity contribution in [3.63, 3.8) is 0 Å². The van der Waals surface area contributed by atoms with Crippen LogP contribution in [-0.2, 0) is 6.54 Å². The lowest BCUT2D eigenvalue weighted by Gasteiger charge is -2.37. The predicted octanol–water partition coefficient (Wildman–Crippen LogP) is 3.73. The summed E-state index contributed by atoms with van der Waals surface area (Å²) < 4.78 is 5.33. The molecule has 0 saturated heterocycles. The minimum atomic E-state index is 0. The van der Waals surface area contributed by atoms with E-state index in [9.17, 15) is 4.79 Å². The highest BCUT2D eigenvalue weighted by Crippen LogP contribution is 2.37. The van der Waals surface area contributed by atoms with Gasteiger partial charge in [0.15, 0.2) is 0 Å². The first-order valence-electron chi connectivity index (χ1n) is 8.33. The smallest absolute Gasteiger partial charge is 0.257 e. The fourth-order valence-corrected chi connectivity index (χ4v) is 3.56. The first-order chi connectivity index (χ1) is 10.2. The van der Waals surface area contributed by atoms with Gasteiger partial charge in [-0.15, -0.1) is 12.4 Å². The van der Waals surface area contributed by atoms with Crippen LogP contribution in [0, 0.1) is 5.92 Å². The normalized spacial score (nSPS) is 24.6. The van der Waals surface area contributed by atoms with Crippen molar-refractivity contribution in [1.82, 2.24) is 4.90 Å². The second kappa shape index (κ2) is 7.51. The zero-order valence-electron chi connectivity index (χ0n) is 13.3. The van der Waals surface area contributed by atoms with E-state index in [2.05, 4.69) is 11.8 Å². The first kappa shape index (κ1) is 17.4. The van der Waals surface area contributed by atoms with Crippen LogP contribution in [0.2, 0.25) is 0 Å². The number of nitrogens with zero attached hydrogens (tertiary/aromatic N) is 1.